The minimum Gasteiger partial charge on any atom is -0.298 e. The third-order valence-corrected chi connectivity index (χ3v) is 3.68. The number of aryl methyl sites for hydroxylation is 1. The molecule has 0 atom stereocenters. The highest BCUT2D eigenvalue weighted by molar-refractivity contribution is 9.10. The number of pyridine rings is 1. The molecule has 2 aromatic heterocycles. The first-order valence-electron chi connectivity index (χ1n) is 5.55. The van der Waals surface area contributed by atoms with E-state index in [0.29, 0.717) is 0 Å². The average molecular weight is 322 g/mol. The molecule has 0 aliphatic carbocycles. The van der Waals surface area contributed by atoms with Crippen molar-refractivity contribution >= 4 is 33.0 Å². The van der Waals surface area contributed by atoms with E-state index in [1.54, 1.807) is 0 Å². The molecule has 0 spiro atoms. The van der Waals surface area contributed by atoms with Crippen molar-refractivity contribution in [3.05, 3.63) is 57.8 Å². The summed E-state index contributed by atoms with van der Waals surface area (Å²) in [5.74, 6) is 0.914. The Bertz CT molecular complexity index is 716. The van der Waals surface area contributed by atoms with Crippen LogP contribution in [0.3, 0.4) is 0 Å². The van der Waals surface area contributed by atoms with Gasteiger partial charge in [-0.25, -0.2) is 4.98 Å². The topological polar surface area (TPSA) is 17.3 Å². The van der Waals surface area contributed by atoms with Gasteiger partial charge in [0.1, 0.15) is 10.4 Å². The lowest BCUT2D eigenvalue weighted by molar-refractivity contribution is 1.14. The zero-order chi connectivity index (χ0) is 12.7. The van der Waals surface area contributed by atoms with Crippen LogP contribution in [0.1, 0.15) is 5.56 Å². The molecule has 0 saturated carbocycles. The number of aromatic nitrogens is 2. The standard InChI is InChI=1S/C14H10BrClN2/c1-9-2-7-12-13(15)17-14(18(12)8-9)10-3-5-11(16)6-4-10/h2-8H,1H3. The Morgan fingerprint density at radius 1 is 1.11 bits per heavy atom. The normalized spacial score (nSPS) is 11.1. The second kappa shape index (κ2) is 4.41. The van der Waals surface area contributed by atoms with Crippen molar-refractivity contribution in [3.8, 4) is 11.4 Å². The Kier molecular flexibility index (Phi) is 2.88. The van der Waals surface area contributed by atoms with Gasteiger partial charge in [0.05, 0.1) is 5.52 Å². The Hall–Kier alpha value is -1.32. The molecule has 0 radical (unpaired) electrons. The number of benzene rings is 1. The molecule has 0 bridgehead atoms. The minimum atomic E-state index is 0.731. The molecular formula is C14H10BrClN2. The number of rotatable bonds is 1. The van der Waals surface area contributed by atoms with Crippen LogP contribution >= 0.6 is 27.5 Å². The molecule has 0 aliphatic heterocycles. The molecule has 3 rings (SSSR count). The van der Waals surface area contributed by atoms with E-state index < -0.39 is 0 Å². The summed E-state index contributed by atoms with van der Waals surface area (Å²) in [6, 6.07) is 11.8. The largest absolute Gasteiger partial charge is 0.298 e. The number of fused-ring (bicyclic) bond motifs is 1. The number of hydrogen-bond acceptors (Lipinski definition) is 1. The fraction of sp³-hybridized carbons (Fsp3) is 0.0714. The Morgan fingerprint density at radius 2 is 1.83 bits per heavy atom. The fourth-order valence-electron chi connectivity index (χ4n) is 1.96. The smallest absolute Gasteiger partial charge is 0.145 e. The Labute approximate surface area is 118 Å². The van der Waals surface area contributed by atoms with E-state index >= 15 is 0 Å². The van der Waals surface area contributed by atoms with Gasteiger partial charge in [-0.15, -0.1) is 0 Å². The van der Waals surface area contributed by atoms with Crippen molar-refractivity contribution in [2.24, 2.45) is 0 Å². The zero-order valence-electron chi connectivity index (χ0n) is 9.69. The maximum atomic E-state index is 5.91. The second-order valence-electron chi connectivity index (χ2n) is 4.19. The van der Waals surface area contributed by atoms with E-state index in [9.17, 15) is 0 Å². The molecule has 0 N–H and O–H groups in total. The first kappa shape index (κ1) is 11.8. The Morgan fingerprint density at radius 3 is 2.56 bits per heavy atom. The summed E-state index contributed by atoms with van der Waals surface area (Å²) in [5, 5.41) is 0.731. The zero-order valence-corrected chi connectivity index (χ0v) is 12.0. The number of halogens is 2. The molecule has 0 aliphatic rings. The number of imidazole rings is 1. The van der Waals surface area contributed by atoms with E-state index in [4.69, 9.17) is 11.6 Å². The molecule has 2 nitrogen and oxygen atoms in total. The van der Waals surface area contributed by atoms with Crippen LogP contribution in [0.2, 0.25) is 5.02 Å². The summed E-state index contributed by atoms with van der Waals surface area (Å²) in [6.45, 7) is 2.07. The van der Waals surface area contributed by atoms with E-state index in [2.05, 4.69) is 50.6 Å². The van der Waals surface area contributed by atoms with Gasteiger partial charge in [-0.3, -0.25) is 4.40 Å². The molecule has 0 saturated heterocycles. The summed E-state index contributed by atoms with van der Waals surface area (Å²) in [5.41, 5.74) is 3.30. The lowest BCUT2D eigenvalue weighted by Crippen LogP contribution is -1.90. The van der Waals surface area contributed by atoms with E-state index in [1.807, 2.05) is 24.3 Å². The van der Waals surface area contributed by atoms with Gasteiger partial charge in [0.2, 0.25) is 0 Å². The number of nitrogens with zero attached hydrogens (tertiary/aromatic N) is 2. The third-order valence-electron chi connectivity index (χ3n) is 2.84. The van der Waals surface area contributed by atoms with Crippen LogP contribution in [0.25, 0.3) is 16.9 Å². The Balaban J connectivity index is 2.28. The molecule has 18 heavy (non-hydrogen) atoms. The van der Waals surface area contributed by atoms with Gasteiger partial charge in [-0.2, -0.15) is 0 Å². The first-order valence-corrected chi connectivity index (χ1v) is 6.72. The SMILES string of the molecule is Cc1ccc2c(Br)nc(-c3ccc(Cl)cc3)n2c1. The van der Waals surface area contributed by atoms with Gasteiger partial charge < -0.3 is 0 Å². The van der Waals surface area contributed by atoms with Crippen LogP contribution in [0, 0.1) is 6.92 Å². The summed E-state index contributed by atoms with van der Waals surface area (Å²) in [4.78, 5) is 4.57. The van der Waals surface area contributed by atoms with Gasteiger partial charge in [0, 0.05) is 16.8 Å². The van der Waals surface area contributed by atoms with E-state index in [1.165, 1.54) is 5.56 Å². The highest BCUT2D eigenvalue weighted by atomic mass is 79.9. The molecule has 1 aromatic carbocycles. The summed E-state index contributed by atoms with van der Waals surface area (Å²) in [6.07, 6.45) is 2.08. The van der Waals surface area contributed by atoms with Gasteiger partial charge in [-0.1, -0.05) is 17.7 Å². The molecule has 0 unspecified atom stereocenters. The molecule has 0 amide bonds. The third kappa shape index (κ3) is 1.93. The quantitative estimate of drug-likeness (QED) is 0.633. The minimum absolute atomic E-state index is 0.731. The van der Waals surface area contributed by atoms with Crippen molar-refractivity contribution < 1.29 is 0 Å². The van der Waals surface area contributed by atoms with Crippen molar-refractivity contribution in [2.45, 2.75) is 6.92 Å². The summed E-state index contributed by atoms with van der Waals surface area (Å²) < 4.78 is 2.94. The molecular weight excluding hydrogens is 312 g/mol. The van der Waals surface area contributed by atoms with Crippen LogP contribution in [-0.2, 0) is 0 Å². The molecule has 3 aromatic rings. The predicted molar refractivity (Wildman–Crippen MR) is 78.1 cm³/mol. The average Bonchev–Trinajstić information content (AvgIpc) is 2.67. The predicted octanol–water partition coefficient (Wildman–Crippen LogP) is 4.73. The maximum Gasteiger partial charge on any atom is 0.145 e. The first-order chi connectivity index (χ1) is 8.65. The fourth-order valence-corrected chi connectivity index (χ4v) is 2.57. The van der Waals surface area contributed by atoms with Crippen LogP contribution in [-0.4, -0.2) is 9.38 Å². The van der Waals surface area contributed by atoms with Crippen molar-refractivity contribution in [1.29, 1.82) is 0 Å². The molecule has 4 heteroatoms. The van der Waals surface area contributed by atoms with Crippen molar-refractivity contribution in [2.75, 3.05) is 0 Å². The summed E-state index contributed by atoms with van der Waals surface area (Å²) in [7, 11) is 0. The van der Waals surface area contributed by atoms with E-state index in [-0.39, 0.29) is 0 Å². The van der Waals surface area contributed by atoms with Crippen LogP contribution < -0.4 is 0 Å². The van der Waals surface area contributed by atoms with Crippen molar-refractivity contribution in [3.63, 3.8) is 0 Å². The van der Waals surface area contributed by atoms with Crippen LogP contribution in [0.5, 0.6) is 0 Å². The number of hydrogen-bond donors (Lipinski definition) is 0. The van der Waals surface area contributed by atoms with Crippen LogP contribution in [0.4, 0.5) is 0 Å². The van der Waals surface area contributed by atoms with Crippen LogP contribution in [0.15, 0.2) is 47.2 Å². The lowest BCUT2D eigenvalue weighted by Gasteiger charge is -2.02. The highest BCUT2D eigenvalue weighted by Gasteiger charge is 2.10. The van der Waals surface area contributed by atoms with Gasteiger partial charge >= 0.3 is 0 Å². The second-order valence-corrected chi connectivity index (χ2v) is 5.38. The van der Waals surface area contributed by atoms with Gasteiger partial charge in [0.25, 0.3) is 0 Å². The monoisotopic (exact) mass is 320 g/mol. The van der Waals surface area contributed by atoms with Gasteiger partial charge in [-0.05, 0) is 58.7 Å². The summed E-state index contributed by atoms with van der Waals surface area (Å²) >= 11 is 9.41. The van der Waals surface area contributed by atoms with Crippen molar-refractivity contribution in [1.82, 2.24) is 9.38 Å². The highest BCUT2D eigenvalue weighted by Crippen LogP contribution is 2.27. The van der Waals surface area contributed by atoms with E-state index in [0.717, 1.165) is 26.5 Å². The molecule has 0 fully saturated rings. The van der Waals surface area contributed by atoms with Gasteiger partial charge in [0.15, 0.2) is 0 Å². The lowest BCUT2D eigenvalue weighted by atomic mass is 10.2. The molecule has 90 valence electrons. The molecule has 2 heterocycles. The maximum absolute atomic E-state index is 5.91.